The van der Waals surface area contributed by atoms with Crippen molar-refractivity contribution in [1.82, 2.24) is 4.90 Å². The predicted octanol–water partition coefficient (Wildman–Crippen LogP) is 5.41. The summed E-state index contributed by atoms with van der Waals surface area (Å²) in [6, 6.07) is 27.2. The second kappa shape index (κ2) is 7.91. The number of para-hydroxylation sites is 1. The van der Waals surface area contributed by atoms with E-state index in [0.717, 1.165) is 35.2 Å². The van der Waals surface area contributed by atoms with Crippen LogP contribution in [0.25, 0.3) is 16.8 Å². The third kappa shape index (κ3) is 3.26. The van der Waals surface area contributed by atoms with Crippen LogP contribution in [0.5, 0.6) is 5.75 Å². The lowest BCUT2D eigenvalue weighted by atomic mass is 10.1. The highest BCUT2D eigenvalue weighted by atomic mass is 16.5. The van der Waals surface area contributed by atoms with Crippen molar-refractivity contribution in [2.45, 2.75) is 0 Å². The highest BCUT2D eigenvalue weighted by Crippen LogP contribution is 2.36. The first-order valence-corrected chi connectivity index (χ1v) is 10.1. The van der Waals surface area contributed by atoms with E-state index in [0.29, 0.717) is 6.54 Å². The molecule has 0 unspecified atom stereocenters. The van der Waals surface area contributed by atoms with Gasteiger partial charge in [-0.2, -0.15) is 0 Å². The minimum Gasteiger partial charge on any atom is -0.496 e. The van der Waals surface area contributed by atoms with Crippen LogP contribution >= 0.6 is 0 Å². The fraction of sp³-hybridized carbons (Fsp3) is 0.115. The number of anilines is 1. The van der Waals surface area contributed by atoms with Gasteiger partial charge in [-0.3, -0.25) is 4.90 Å². The quantitative estimate of drug-likeness (QED) is 0.555. The molecule has 0 fully saturated rings. The zero-order valence-corrected chi connectivity index (χ0v) is 16.9. The number of ether oxygens (including phenoxy) is 1. The first kappa shape index (κ1) is 18.3. The van der Waals surface area contributed by atoms with Crippen molar-refractivity contribution in [3.63, 3.8) is 0 Å². The second-order valence-corrected chi connectivity index (χ2v) is 7.22. The molecule has 0 radical (unpaired) electrons. The third-order valence-corrected chi connectivity index (χ3v) is 5.43. The Morgan fingerprint density at radius 3 is 2.33 bits per heavy atom. The topological polar surface area (TPSA) is 28.1 Å². The van der Waals surface area contributed by atoms with Crippen LogP contribution in [-0.2, 0) is 0 Å². The second-order valence-electron chi connectivity index (χ2n) is 7.22. The van der Waals surface area contributed by atoms with E-state index in [2.05, 4.69) is 82.7 Å². The van der Waals surface area contributed by atoms with Crippen LogP contribution in [-0.4, -0.2) is 31.1 Å². The molecule has 148 valence electrons. The van der Waals surface area contributed by atoms with Crippen LogP contribution in [0.1, 0.15) is 5.56 Å². The van der Waals surface area contributed by atoms with E-state index in [9.17, 15) is 0 Å². The monoisotopic (exact) mass is 393 g/mol. The fourth-order valence-corrected chi connectivity index (χ4v) is 3.92. The van der Waals surface area contributed by atoms with Crippen molar-refractivity contribution in [3.8, 4) is 16.9 Å². The molecule has 5 rings (SSSR count). The summed E-state index contributed by atoms with van der Waals surface area (Å²) in [6.07, 6.45) is 6.44. The van der Waals surface area contributed by atoms with Crippen LogP contribution in [0.15, 0.2) is 102 Å². The van der Waals surface area contributed by atoms with Crippen molar-refractivity contribution < 1.29 is 4.74 Å². The van der Waals surface area contributed by atoms with Crippen molar-refractivity contribution in [2.75, 3.05) is 25.1 Å². The summed E-state index contributed by atoms with van der Waals surface area (Å²) in [5.41, 5.74) is 5.66. The maximum atomic E-state index is 5.63. The van der Waals surface area contributed by atoms with Crippen molar-refractivity contribution in [2.24, 2.45) is 4.99 Å². The average molecular weight is 393 g/mol. The van der Waals surface area contributed by atoms with E-state index >= 15 is 0 Å². The van der Waals surface area contributed by atoms with Gasteiger partial charge in [-0.05, 0) is 35.4 Å². The third-order valence-electron chi connectivity index (χ3n) is 5.43. The maximum Gasteiger partial charge on any atom is 0.210 e. The Bertz CT molecular complexity index is 1130. The molecular formula is C26H23N3O. The minimum atomic E-state index is 0.678. The number of methoxy groups -OCH3 is 1. The molecule has 0 amide bonds. The Labute approximate surface area is 177 Å². The number of hydrogen-bond acceptors (Lipinski definition) is 4. The average Bonchev–Trinajstić information content (AvgIpc) is 3.00. The summed E-state index contributed by atoms with van der Waals surface area (Å²) in [6.45, 7) is 1.46. The van der Waals surface area contributed by atoms with Gasteiger partial charge in [0.15, 0.2) is 0 Å². The largest absolute Gasteiger partial charge is 0.496 e. The molecule has 0 N–H and O–H groups in total. The lowest BCUT2D eigenvalue weighted by Gasteiger charge is -2.24. The van der Waals surface area contributed by atoms with Crippen LogP contribution < -0.4 is 9.64 Å². The molecule has 2 heterocycles. The van der Waals surface area contributed by atoms with Gasteiger partial charge in [-0.15, -0.1) is 0 Å². The summed E-state index contributed by atoms with van der Waals surface area (Å²) >= 11 is 0. The molecule has 0 atom stereocenters. The van der Waals surface area contributed by atoms with Crippen LogP contribution in [0.3, 0.4) is 0 Å². The van der Waals surface area contributed by atoms with Crippen molar-refractivity contribution in [1.29, 1.82) is 0 Å². The molecule has 0 saturated heterocycles. The van der Waals surface area contributed by atoms with Gasteiger partial charge in [-0.1, -0.05) is 66.7 Å². The van der Waals surface area contributed by atoms with Gasteiger partial charge in [0.05, 0.1) is 19.4 Å². The van der Waals surface area contributed by atoms with E-state index in [1.807, 2.05) is 24.3 Å². The first-order chi connectivity index (χ1) is 14.8. The SMILES string of the molecule is COc1ccccc1C1=CN(c2ccc(-c3ccccc3)cc2)C2=NCC=CCN12. The smallest absolute Gasteiger partial charge is 0.210 e. The molecule has 0 aliphatic carbocycles. The first-order valence-electron chi connectivity index (χ1n) is 10.1. The van der Waals surface area contributed by atoms with Gasteiger partial charge < -0.3 is 9.64 Å². The number of hydrogen-bond donors (Lipinski definition) is 0. The minimum absolute atomic E-state index is 0.678. The van der Waals surface area contributed by atoms with E-state index in [-0.39, 0.29) is 0 Å². The zero-order valence-electron chi connectivity index (χ0n) is 16.9. The summed E-state index contributed by atoms with van der Waals surface area (Å²) < 4.78 is 5.63. The Kier molecular flexibility index (Phi) is 4.81. The molecule has 0 bridgehead atoms. The van der Waals surface area contributed by atoms with Gasteiger partial charge in [0.25, 0.3) is 0 Å². The summed E-state index contributed by atoms with van der Waals surface area (Å²) in [5.74, 6) is 1.80. The Morgan fingerprint density at radius 2 is 1.53 bits per heavy atom. The zero-order chi connectivity index (χ0) is 20.3. The Balaban J connectivity index is 1.55. The Hall–Kier alpha value is -3.79. The molecule has 0 saturated carbocycles. The van der Waals surface area contributed by atoms with Crippen molar-refractivity contribution in [3.05, 3.63) is 103 Å². The number of aliphatic imine (C=N–C) groups is 1. The summed E-state index contributed by atoms with van der Waals surface area (Å²) in [4.78, 5) is 9.26. The molecule has 2 aliphatic rings. The van der Waals surface area contributed by atoms with Gasteiger partial charge >= 0.3 is 0 Å². The molecule has 4 heteroatoms. The highest BCUT2D eigenvalue weighted by Gasteiger charge is 2.31. The lowest BCUT2D eigenvalue weighted by Crippen LogP contribution is -2.34. The highest BCUT2D eigenvalue weighted by molar-refractivity contribution is 6.08. The molecule has 3 aromatic carbocycles. The number of nitrogens with zero attached hydrogens (tertiary/aromatic N) is 3. The fourth-order valence-electron chi connectivity index (χ4n) is 3.92. The molecule has 30 heavy (non-hydrogen) atoms. The van der Waals surface area contributed by atoms with Gasteiger partial charge in [-0.25, -0.2) is 4.99 Å². The number of rotatable bonds is 4. The Morgan fingerprint density at radius 1 is 0.800 bits per heavy atom. The van der Waals surface area contributed by atoms with E-state index in [1.54, 1.807) is 7.11 Å². The number of fused-ring (bicyclic) bond motifs is 1. The molecule has 2 aliphatic heterocycles. The lowest BCUT2D eigenvalue weighted by molar-refractivity contribution is 0.412. The van der Waals surface area contributed by atoms with Gasteiger partial charge in [0.1, 0.15) is 5.75 Å². The van der Waals surface area contributed by atoms with Crippen LogP contribution in [0.4, 0.5) is 5.69 Å². The molecular weight excluding hydrogens is 370 g/mol. The van der Waals surface area contributed by atoms with Crippen molar-refractivity contribution >= 4 is 17.3 Å². The van der Waals surface area contributed by atoms with E-state index in [1.165, 1.54) is 11.1 Å². The summed E-state index contributed by atoms with van der Waals surface area (Å²) in [5, 5.41) is 0. The van der Waals surface area contributed by atoms with Gasteiger partial charge in [0.2, 0.25) is 5.96 Å². The molecule has 4 nitrogen and oxygen atoms in total. The van der Waals surface area contributed by atoms with E-state index in [4.69, 9.17) is 9.73 Å². The standard InChI is InChI=1S/C26H23N3O/c1-30-25-12-6-5-11-23(25)24-19-29(26-27-17-7-8-18-28(24)26)22-15-13-21(14-16-22)20-9-3-2-4-10-20/h2-16,19H,17-18H2,1H3. The number of benzene rings is 3. The van der Waals surface area contributed by atoms with Crippen LogP contribution in [0, 0.1) is 0 Å². The normalized spacial score (nSPS) is 15.4. The number of guanidine groups is 1. The van der Waals surface area contributed by atoms with Crippen LogP contribution in [0.2, 0.25) is 0 Å². The molecule has 3 aromatic rings. The van der Waals surface area contributed by atoms with E-state index < -0.39 is 0 Å². The molecule has 0 spiro atoms. The van der Waals surface area contributed by atoms with Gasteiger partial charge in [0, 0.05) is 24.0 Å². The predicted molar refractivity (Wildman–Crippen MR) is 123 cm³/mol. The molecule has 0 aromatic heterocycles. The maximum absolute atomic E-state index is 5.63. The summed E-state index contributed by atoms with van der Waals surface area (Å²) in [7, 11) is 1.71.